The summed E-state index contributed by atoms with van der Waals surface area (Å²) in [5.41, 5.74) is 5.34. The Morgan fingerprint density at radius 2 is 1.38 bits per heavy atom. The summed E-state index contributed by atoms with van der Waals surface area (Å²) in [6.07, 6.45) is 2.90. The van der Waals surface area contributed by atoms with Crippen LogP contribution >= 0.6 is 0 Å². The molecule has 0 saturated carbocycles. The van der Waals surface area contributed by atoms with Gasteiger partial charge < -0.3 is 5.32 Å². The monoisotopic (exact) mass is 372 g/mol. The Morgan fingerprint density at radius 3 is 1.96 bits per heavy atom. The highest BCUT2D eigenvalue weighted by atomic mass is 32.2. The summed E-state index contributed by atoms with van der Waals surface area (Å²) < 4.78 is 26.1. The minimum Gasteiger partial charge on any atom is -0.306 e. The molecule has 26 heavy (non-hydrogen) atoms. The smallest absolute Gasteiger partial charge is 0.213 e. The van der Waals surface area contributed by atoms with E-state index in [0.717, 1.165) is 25.8 Å². The highest BCUT2D eigenvalue weighted by molar-refractivity contribution is 7.90. The lowest BCUT2D eigenvalue weighted by Crippen LogP contribution is -2.31. The number of hydrogen-bond acceptors (Lipinski definition) is 3. The maximum atomic E-state index is 11.7. The lowest BCUT2D eigenvalue weighted by atomic mass is 10.1. The average Bonchev–Trinajstić information content (AvgIpc) is 2.95. The first kappa shape index (κ1) is 19.1. The molecule has 0 fully saturated rings. The van der Waals surface area contributed by atoms with Crippen molar-refractivity contribution >= 4 is 10.0 Å². The summed E-state index contributed by atoms with van der Waals surface area (Å²) in [5, 5.41) is 3.31. The Labute approximate surface area is 157 Å². The molecule has 0 saturated heterocycles. The molecule has 0 aromatic heterocycles. The van der Waals surface area contributed by atoms with Crippen LogP contribution in [0.5, 0.6) is 0 Å². The van der Waals surface area contributed by atoms with E-state index in [1.165, 1.54) is 22.3 Å². The van der Waals surface area contributed by atoms with E-state index in [2.05, 4.69) is 58.6 Å². The van der Waals surface area contributed by atoms with Crippen LogP contribution in [0.15, 0.2) is 48.5 Å². The number of sulfonamides is 1. The van der Waals surface area contributed by atoms with Crippen LogP contribution in [0.25, 0.3) is 11.1 Å². The molecule has 1 aliphatic rings. The van der Waals surface area contributed by atoms with Gasteiger partial charge in [-0.1, -0.05) is 55.0 Å². The Bertz CT molecular complexity index is 801. The van der Waals surface area contributed by atoms with Gasteiger partial charge in [0.05, 0.1) is 11.3 Å². The van der Waals surface area contributed by atoms with E-state index >= 15 is 0 Å². The van der Waals surface area contributed by atoms with Gasteiger partial charge in [-0.3, -0.25) is 0 Å². The van der Waals surface area contributed by atoms with Crippen LogP contribution in [-0.2, 0) is 10.0 Å². The maximum absolute atomic E-state index is 11.7. The van der Waals surface area contributed by atoms with Crippen molar-refractivity contribution in [1.29, 1.82) is 0 Å². The number of benzene rings is 2. The molecule has 0 bridgehead atoms. The Kier molecular flexibility index (Phi) is 6.12. The molecule has 0 unspecified atom stereocenters. The largest absolute Gasteiger partial charge is 0.306 e. The van der Waals surface area contributed by atoms with Gasteiger partial charge >= 0.3 is 0 Å². The summed E-state index contributed by atoms with van der Waals surface area (Å²) in [5.74, 6) is 0. The zero-order chi connectivity index (χ0) is 18.6. The fourth-order valence-electron chi connectivity index (χ4n) is 3.43. The lowest BCUT2D eigenvalue weighted by molar-refractivity contribution is 0.550. The molecule has 0 atom stereocenters. The van der Waals surface area contributed by atoms with Crippen molar-refractivity contribution in [2.24, 2.45) is 0 Å². The van der Waals surface area contributed by atoms with Crippen LogP contribution in [-0.4, -0.2) is 26.8 Å². The normalized spacial score (nSPS) is 13.8. The van der Waals surface area contributed by atoms with Gasteiger partial charge in [-0.05, 0) is 55.5 Å². The van der Waals surface area contributed by atoms with Gasteiger partial charge in [-0.15, -0.1) is 0 Å². The predicted molar refractivity (Wildman–Crippen MR) is 108 cm³/mol. The number of fused-ring (bicyclic) bond motifs is 3. The van der Waals surface area contributed by atoms with E-state index in [1.807, 2.05) is 0 Å². The van der Waals surface area contributed by atoms with Crippen molar-refractivity contribution in [3.63, 3.8) is 0 Å². The third-order valence-corrected chi connectivity index (χ3v) is 6.81. The Balaban J connectivity index is 1.47. The maximum Gasteiger partial charge on any atom is 0.213 e. The zero-order valence-corrected chi connectivity index (χ0v) is 16.4. The van der Waals surface area contributed by atoms with Gasteiger partial charge in [0.2, 0.25) is 10.0 Å². The van der Waals surface area contributed by atoms with Crippen LogP contribution in [0.3, 0.4) is 0 Å². The molecular weight excluding hydrogens is 344 g/mol. The minimum absolute atomic E-state index is 0.252. The highest BCUT2D eigenvalue weighted by Crippen LogP contribution is 2.42. The first-order chi connectivity index (χ1) is 12.5. The van der Waals surface area contributed by atoms with Crippen molar-refractivity contribution < 1.29 is 8.42 Å². The number of nitrogens with one attached hydrogen (secondary N) is 2. The molecule has 3 rings (SSSR count). The van der Waals surface area contributed by atoms with Crippen molar-refractivity contribution in [3.8, 4) is 11.1 Å². The lowest BCUT2D eigenvalue weighted by Gasteiger charge is -2.16. The fourth-order valence-corrected chi connectivity index (χ4v) is 4.19. The van der Waals surface area contributed by atoms with E-state index < -0.39 is 10.0 Å². The Morgan fingerprint density at radius 1 is 0.846 bits per heavy atom. The third kappa shape index (κ3) is 4.17. The molecule has 2 aromatic carbocycles. The summed E-state index contributed by atoms with van der Waals surface area (Å²) in [6.45, 7) is 4.84. The standard InChI is InChI=1S/C21H28N2O2S/c1-16(2)26(24,25)23-15-9-3-8-14-22-21-19-12-6-4-10-17(19)18-11-5-7-13-20(18)21/h4-7,10-13,16,21-23H,3,8-9,14-15H2,1-2H3. The van der Waals surface area contributed by atoms with Gasteiger partial charge in [-0.2, -0.15) is 0 Å². The second-order valence-corrected chi connectivity index (χ2v) is 9.43. The first-order valence-corrected chi connectivity index (χ1v) is 11.0. The summed E-state index contributed by atoms with van der Waals surface area (Å²) in [7, 11) is -3.14. The highest BCUT2D eigenvalue weighted by Gasteiger charge is 2.27. The first-order valence-electron chi connectivity index (χ1n) is 9.41. The molecule has 4 nitrogen and oxygen atoms in total. The second-order valence-electron chi connectivity index (χ2n) is 7.11. The molecule has 0 heterocycles. The molecule has 5 heteroatoms. The van der Waals surface area contributed by atoms with Crippen molar-refractivity contribution in [1.82, 2.24) is 10.0 Å². The summed E-state index contributed by atoms with van der Waals surface area (Å²) in [6, 6.07) is 17.4. The van der Waals surface area contributed by atoms with E-state index in [1.54, 1.807) is 13.8 Å². The zero-order valence-electron chi connectivity index (χ0n) is 15.5. The molecular formula is C21H28N2O2S. The minimum atomic E-state index is -3.14. The third-order valence-electron chi connectivity index (χ3n) is 4.96. The van der Waals surface area contributed by atoms with Crippen LogP contribution in [0.4, 0.5) is 0 Å². The summed E-state index contributed by atoms with van der Waals surface area (Å²) in [4.78, 5) is 0. The van der Waals surface area contributed by atoms with Crippen molar-refractivity contribution in [2.75, 3.05) is 13.1 Å². The fraction of sp³-hybridized carbons (Fsp3) is 0.429. The Hall–Kier alpha value is -1.69. The molecule has 0 radical (unpaired) electrons. The van der Waals surface area contributed by atoms with Crippen LogP contribution < -0.4 is 10.0 Å². The van der Waals surface area contributed by atoms with Gasteiger partial charge in [0.15, 0.2) is 0 Å². The van der Waals surface area contributed by atoms with E-state index in [-0.39, 0.29) is 11.3 Å². The van der Waals surface area contributed by atoms with Crippen LogP contribution in [0.1, 0.15) is 50.3 Å². The van der Waals surface area contributed by atoms with E-state index in [0.29, 0.717) is 6.54 Å². The summed E-state index contributed by atoms with van der Waals surface area (Å²) >= 11 is 0. The van der Waals surface area contributed by atoms with E-state index in [4.69, 9.17) is 0 Å². The van der Waals surface area contributed by atoms with Crippen LogP contribution in [0, 0.1) is 0 Å². The molecule has 1 aliphatic carbocycles. The molecule has 0 aliphatic heterocycles. The number of unbranched alkanes of at least 4 members (excludes halogenated alkanes) is 2. The molecule has 0 amide bonds. The quantitative estimate of drug-likeness (QED) is 0.658. The molecule has 2 aromatic rings. The molecule has 140 valence electrons. The predicted octanol–water partition coefficient (Wildman–Crippen LogP) is 3.84. The number of hydrogen-bond donors (Lipinski definition) is 2. The van der Waals surface area contributed by atoms with Crippen molar-refractivity contribution in [2.45, 2.75) is 44.4 Å². The number of rotatable bonds is 9. The second kappa shape index (κ2) is 8.33. The van der Waals surface area contributed by atoms with Gasteiger partial charge in [-0.25, -0.2) is 13.1 Å². The van der Waals surface area contributed by atoms with E-state index in [9.17, 15) is 8.42 Å². The van der Waals surface area contributed by atoms with Crippen molar-refractivity contribution in [3.05, 3.63) is 59.7 Å². The topological polar surface area (TPSA) is 58.2 Å². The van der Waals surface area contributed by atoms with Gasteiger partial charge in [0.25, 0.3) is 0 Å². The SMILES string of the molecule is CC(C)S(=O)(=O)NCCCCCNC1c2ccccc2-c2ccccc21. The van der Waals surface area contributed by atoms with Crippen LogP contribution in [0.2, 0.25) is 0 Å². The average molecular weight is 373 g/mol. The molecule has 2 N–H and O–H groups in total. The molecule has 0 spiro atoms. The van der Waals surface area contributed by atoms with Gasteiger partial charge in [0, 0.05) is 6.54 Å². The van der Waals surface area contributed by atoms with Gasteiger partial charge in [0.1, 0.15) is 0 Å².